The Morgan fingerprint density at radius 3 is 1.11 bits per heavy atom. The van der Waals surface area contributed by atoms with Gasteiger partial charge in [-0.25, -0.2) is 12.1 Å². The van der Waals surface area contributed by atoms with Gasteiger partial charge in [-0.15, -0.1) is 161 Å². The van der Waals surface area contributed by atoms with Crippen LogP contribution in [0.1, 0.15) is 78.7 Å². The van der Waals surface area contributed by atoms with E-state index in [1.165, 1.54) is 36.8 Å². The van der Waals surface area contributed by atoms with E-state index in [2.05, 4.69) is 173 Å². The third-order valence-electron chi connectivity index (χ3n) is 16.1. The topological polar surface area (TPSA) is 77.3 Å². The Labute approximate surface area is 546 Å². The summed E-state index contributed by atoms with van der Waals surface area (Å²) in [7, 11) is 0. The molecule has 5 aromatic carbocycles. The van der Waals surface area contributed by atoms with Crippen molar-refractivity contribution in [2.75, 3.05) is 0 Å². The molecule has 0 aliphatic heterocycles. The molecular formula is C80H64Ir2N6. The Morgan fingerprint density at radius 1 is 0.341 bits per heavy atom. The van der Waals surface area contributed by atoms with Crippen LogP contribution in [0.4, 0.5) is 0 Å². The SMILES string of the molecule is [Ir+3].[Ir+3].[c-]1ccccc1-c1ccc(/C=C\C2CC(/C=C\c3ccc(-c4[c-]cccc4)nc3)CC(c3ccccc3-c3c[c-]c(-c4[c-]cccn4)nc3)C2)cn1.[c-]1ccccc1-c1ccc(/C=C\C2CCCC(/C=C\c3ccc(-c4[c-]cccc4)nc3)C2)cn1. The van der Waals surface area contributed by atoms with E-state index < -0.39 is 0 Å². The van der Waals surface area contributed by atoms with Gasteiger partial charge in [-0.3, -0.25) is 0 Å². The summed E-state index contributed by atoms with van der Waals surface area (Å²) in [6.07, 6.45) is 38.2. The number of hydrogen-bond acceptors (Lipinski definition) is 6. The number of pyridine rings is 6. The number of hydrogen-bond donors (Lipinski definition) is 0. The van der Waals surface area contributed by atoms with Crippen molar-refractivity contribution in [3.05, 3.63) is 314 Å². The van der Waals surface area contributed by atoms with Crippen LogP contribution in [0, 0.1) is 60.1 Å². The molecule has 8 heteroatoms. The smallest absolute Gasteiger partial charge is 0.357 e. The van der Waals surface area contributed by atoms with Gasteiger partial charge in [0.2, 0.25) is 0 Å². The molecule has 4 unspecified atom stereocenters. The van der Waals surface area contributed by atoms with Gasteiger partial charge in [0.05, 0.1) is 0 Å². The molecular weight excluding hydrogens is 1430 g/mol. The first-order chi connectivity index (χ1) is 42.6. The normalized spacial score (nSPS) is 17.4. The standard InChI is InChI=1S/C48H36N4.C32H28N2.2Ir/c1-3-11-39(12-4-1)45-25-22-35(32-50-45)18-20-37-29-38(21-19-36-23-26-46(51-33-36)40-13-5-2-6-14-40)31-42(30-37)44-16-8-7-15-43(44)41-24-27-48(52-34-41)47-17-9-10-28-49-47;1-3-10-29(11-4-1)31-20-18-27(23-33-31)16-14-25-8-7-9-26(22-25)15-17-28-19-21-32(34-24-28)30-12-5-2-6-13-30;;/h1-11,13,15-16,18-26,28,32-34,37-38,42H,29-31H2;1-6,10,12,14-21,23-26H,7-9,22H2;;/q-4;-2;2*+3/b20-18-,21-19-;16-14-,17-15-;;. The van der Waals surface area contributed by atoms with E-state index in [0.29, 0.717) is 41.0 Å². The Balaban J connectivity index is 0.000000207. The fourth-order valence-corrected chi connectivity index (χ4v) is 11.6. The number of allylic oxidation sites excluding steroid dienone is 4. The Kier molecular flexibility index (Phi) is 22.5. The summed E-state index contributed by atoms with van der Waals surface area (Å²) in [6.45, 7) is 0. The monoisotopic (exact) mass is 1490 g/mol. The van der Waals surface area contributed by atoms with E-state index in [9.17, 15) is 0 Å². The summed E-state index contributed by atoms with van der Waals surface area (Å²) >= 11 is 0. The van der Waals surface area contributed by atoms with Crippen LogP contribution in [0.2, 0.25) is 0 Å². The van der Waals surface area contributed by atoms with Crippen LogP contribution in [-0.4, -0.2) is 29.9 Å². The van der Waals surface area contributed by atoms with Gasteiger partial charge >= 0.3 is 40.2 Å². The molecule has 0 bridgehead atoms. The molecule has 2 saturated carbocycles. The maximum atomic E-state index is 4.73. The zero-order chi connectivity index (χ0) is 58.0. The van der Waals surface area contributed by atoms with E-state index in [-0.39, 0.29) is 40.2 Å². The van der Waals surface area contributed by atoms with Crippen molar-refractivity contribution < 1.29 is 40.2 Å². The molecule has 13 rings (SSSR count). The second kappa shape index (κ2) is 31.8. The van der Waals surface area contributed by atoms with Gasteiger partial charge in [0.15, 0.2) is 0 Å². The Bertz CT molecular complexity index is 3790. The van der Waals surface area contributed by atoms with Gasteiger partial charge in [0.25, 0.3) is 0 Å². The van der Waals surface area contributed by atoms with Crippen molar-refractivity contribution in [2.45, 2.75) is 50.9 Å². The predicted octanol–water partition coefficient (Wildman–Crippen LogP) is 19.0. The van der Waals surface area contributed by atoms with Crippen LogP contribution in [0.15, 0.2) is 250 Å². The van der Waals surface area contributed by atoms with E-state index in [1.54, 1.807) is 6.20 Å². The van der Waals surface area contributed by atoms with Crippen LogP contribution in [0.25, 0.3) is 91.8 Å². The van der Waals surface area contributed by atoms with E-state index in [1.807, 2.05) is 146 Å². The van der Waals surface area contributed by atoms with E-state index >= 15 is 0 Å². The van der Waals surface area contributed by atoms with Crippen molar-refractivity contribution in [1.29, 1.82) is 0 Å². The first-order valence-corrected chi connectivity index (χ1v) is 29.8. The summed E-state index contributed by atoms with van der Waals surface area (Å²) in [5.74, 6) is 2.37. The quantitative estimate of drug-likeness (QED) is 0.0952. The summed E-state index contributed by atoms with van der Waals surface area (Å²) < 4.78 is 0. The number of rotatable bonds is 15. The maximum Gasteiger partial charge on any atom is 3.00 e. The third kappa shape index (κ3) is 17.1. The number of aromatic nitrogens is 6. The van der Waals surface area contributed by atoms with Gasteiger partial charge in [-0.2, -0.15) is 12.1 Å². The molecule has 0 spiro atoms. The molecule has 432 valence electrons. The maximum absolute atomic E-state index is 4.73. The molecule has 88 heavy (non-hydrogen) atoms. The van der Waals surface area contributed by atoms with Gasteiger partial charge in [0.1, 0.15) is 0 Å². The van der Waals surface area contributed by atoms with E-state index in [0.717, 1.165) is 92.1 Å². The minimum atomic E-state index is 0. The van der Waals surface area contributed by atoms with E-state index in [4.69, 9.17) is 15.0 Å². The number of benzene rings is 5. The fourth-order valence-electron chi connectivity index (χ4n) is 11.6. The average molecular weight is 1490 g/mol. The van der Waals surface area contributed by atoms with Crippen LogP contribution in [-0.2, 0) is 40.2 Å². The largest absolute Gasteiger partial charge is 3.00 e. The average Bonchev–Trinajstić information content (AvgIpc) is 2.35. The molecule has 2 aliphatic carbocycles. The third-order valence-corrected chi connectivity index (χ3v) is 16.1. The Hall–Kier alpha value is -8.74. The molecule has 2 fully saturated rings. The summed E-state index contributed by atoms with van der Waals surface area (Å²) in [5.41, 5.74) is 17.4. The van der Waals surface area contributed by atoms with Crippen molar-refractivity contribution >= 4 is 24.3 Å². The zero-order valence-electron chi connectivity index (χ0n) is 48.7. The molecule has 0 radical (unpaired) electrons. The van der Waals surface area contributed by atoms with Gasteiger partial charge in [-0.05, 0) is 131 Å². The molecule has 11 aromatic rings. The summed E-state index contributed by atoms with van der Waals surface area (Å²) in [4.78, 5) is 27.8. The van der Waals surface area contributed by atoms with Crippen LogP contribution in [0.3, 0.4) is 0 Å². The van der Waals surface area contributed by atoms with Crippen molar-refractivity contribution in [2.24, 2.45) is 23.7 Å². The first kappa shape index (κ1) is 62.3. The molecule has 6 aromatic heterocycles. The fraction of sp³-hybridized carbons (Fsp3) is 0.150. The van der Waals surface area contributed by atoms with Crippen LogP contribution < -0.4 is 0 Å². The molecule has 0 saturated heterocycles. The molecule has 4 atom stereocenters. The molecule has 2 aliphatic rings. The molecule has 6 heterocycles. The van der Waals surface area contributed by atoms with Gasteiger partial charge in [-0.1, -0.05) is 139 Å². The van der Waals surface area contributed by atoms with Crippen molar-refractivity contribution in [3.8, 4) is 67.5 Å². The minimum Gasteiger partial charge on any atom is -0.357 e. The van der Waals surface area contributed by atoms with Crippen LogP contribution >= 0.6 is 0 Å². The van der Waals surface area contributed by atoms with Gasteiger partial charge < -0.3 is 29.9 Å². The molecule has 0 amide bonds. The molecule has 0 N–H and O–H groups in total. The first-order valence-electron chi connectivity index (χ1n) is 29.8. The predicted molar refractivity (Wildman–Crippen MR) is 350 cm³/mol. The van der Waals surface area contributed by atoms with Gasteiger partial charge in [0, 0.05) is 24.8 Å². The number of nitrogens with zero attached hydrogens (tertiary/aromatic N) is 6. The second-order valence-corrected chi connectivity index (χ2v) is 22.1. The van der Waals surface area contributed by atoms with Crippen molar-refractivity contribution in [3.63, 3.8) is 0 Å². The zero-order valence-corrected chi connectivity index (χ0v) is 53.5. The summed E-state index contributed by atoms with van der Waals surface area (Å²) in [6, 6.07) is 82.8. The van der Waals surface area contributed by atoms with Crippen molar-refractivity contribution in [1.82, 2.24) is 29.9 Å². The summed E-state index contributed by atoms with van der Waals surface area (Å²) in [5, 5.41) is 0. The second-order valence-electron chi connectivity index (χ2n) is 22.1. The molecule has 6 nitrogen and oxygen atoms in total. The Morgan fingerprint density at radius 2 is 0.739 bits per heavy atom. The van der Waals surface area contributed by atoms with Crippen LogP contribution in [0.5, 0.6) is 0 Å². The minimum absolute atomic E-state index is 0.